The fourth-order valence-corrected chi connectivity index (χ4v) is 2.22. The van der Waals surface area contributed by atoms with Crippen molar-refractivity contribution in [3.05, 3.63) is 75.3 Å². The third kappa shape index (κ3) is 4.98. The number of ether oxygens (including phenoxy) is 2. The summed E-state index contributed by atoms with van der Waals surface area (Å²) in [6, 6.07) is 5.68. The number of benzene rings is 2. The highest BCUT2D eigenvalue weighted by Gasteiger charge is 2.31. The Labute approximate surface area is 155 Å². The number of nitrogens with zero attached hydrogens (tertiary/aromatic N) is 1. The number of halogens is 4. The number of carbonyl (C=O) groups is 1. The standard InChI is InChI=1S/C17H11ClF3NO5/c1-2-7-26-16(23)12-9-11(4-5-14(12)22(24)25)27-15-6-3-10(8-13(15)18)17(19,20)21/h2-6,8-9H,1,7H2. The lowest BCUT2D eigenvalue weighted by Crippen LogP contribution is -2.08. The molecule has 0 saturated heterocycles. The first kappa shape index (κ1) is 20.2. The number of hydrogen-bond donors (Lipinski definition) is 0. The van der Waals surface area contributed by atoms with Gasteiger partial charge in [0.05, 0.1) is 15.5 Å². The summed E-state index contributed by atoms with van der Waals surface area (Å²) in [5, 5.41) is 10.7. The van der Waals surface area contributed by atoms with Crippen molar-refractivity contribution < 1.29 is 32.4 Å². The van der Waals surface area contributed by atoms with Crippen molar-refractivity contribution in [2.45, 2.75) is 6.18 Å². The lowest BCUT2D eigenvalue weighted by atomic mass is 10.1. The van der Waals surface area contributed by atoms with Gasteiger partial charge in [-0.1, -0.05) is 24.3 Å². The SMILES string of the molecule is C=CCOC(=O)c1cc(Oc2ccc(C(F)(F)F)cc2Cl)ccc1[N+](=O)[O-]. The van der Waals surface area contributed by atoms with Gasteiger partial charge in [-0.25, -0.2) is 4.79 Å². The van der Waals surface area contributed by atoms with E-state index in [0.29, 0.717) is 6.07 Å². The van der Waals surface area contributed by atoms with E-state index in [2.05, 4.69) is 6.58 Å². The normalized spacial score (nSPS) is 11.0. The van der Waals surface area contributed by atoms with Crippen LogP contribution >= 0.6 is 11.6 Å². The number of rotatable bonds is 6. The van der Waals surface area contributed by atoms with Crippen LogP contribution in [0.4, 0.5) is 18.9 Å². The Bertz CT molecular complexity index is 899. The monoisotopic (exact) mass is 401 g/mol. The molecule has 0 aliphatic heterocycles. The molecular formula is C17H11ClF3NO5. The third-order valence-electron chi connectivity index (χ3n) is 3.20. The second kappa shape index (κ2) is 8.09. The third-order valence-corrected chi connectivity index (χ3v) is 3.50. The summed E-state index contributed by atoms with van der Waals surface area (Å²) in [5.74, 6) is -1.15. The van der Waals surface area contributed by atoms with Crippen LogP contribution < -0.4 is 4.74 Å². The van der Waals surface area contributed by atoms with E-state index >= 15 is 0 Å². The van der Waals surface area contributed by atoms with E-state index in [-0.39, 0.29) is 28.7 Å². The van der Waals surface area contributed by atoms with Gasteiger partial charge in [0.1, 0.15) is 23.7 Å². The zero-order valence-corrected chi connectivity index (χ0v) is 14.2. The zero-order chi connectivity index (χ0) is 20.2. The van der Waals surface area contributed by atoms with E-state index in [4.69, 9.17) is 21.1 Å². The average molecular weight is 402 g/mol. The summed E-state index contributed by atoms with van der Waals surface area (Å²) in [4.78, 5) is 22.3. The topological polar surface area (TPSA) is 78.7 Å². The average Bonchev–Trinajstić information content (AvgIpc) is 2.60. The highest BCUT2D eigenvalue weighted by molar-refractivity contribution is 6.32. The Morgan fingerprint density at radius 2 is 1.96 bits per heavy atom. The zero-order valence-electron chi connectivity index (χ0n) is 13.5. The molecule has 0 saturated carbocycles. The molecule has 0 N–H and O–H groups in total. The van der Waals surface area contributed by atoms with Crippen LogP contribution in [0.2, 0.25) is 5.02 Å². The van der Waals surface area contributed by atoms with Crippen molar-refractivity contribution in [3.8, 4) is 11.5 Å². The molecule has 0 atom stereocenters. The summed E-state index contributed by atoms with van der Waals surface area (Å²) >= 11 is 5.80. The molecule has 2 rings (SSSR count). The minimum Gasteiger partial charge on any atom is -0.458 e. The predicted octanol–water partition coefficient (Wildman–Crippen LogP) is 5.40. The first-order chi connectivity index (χ1) is 12.6. The number of hydrogen-bond acceptors (Lipinski definition) is 5. The molecule has 0 aromatic heterocycles. The van der Waals surface area contributed by atoms with Gasteiger partial charge in [-0.2, -0.15) is 13.2 Å². The molecule has 0 radical (unpaired) electrons. The fraction of sp³-hybridized carbons (Fsp3) is 0.118. The molecule has 10 heteroatoms. The first-order valence-corrected chi connectivity index (χ1v) is 7.62. The summed E-state index contributed by atoms with van der Waals surface area (Å²) < 4.78 is 48.1. The van der Waals surface area contributed by atoms with E-state index in [0.717, 1.165) is 24.3 Å². The van der Waals surface area contributed by atoms with Crippen molar-refractivity contribution in [2.24, 2.45) is 0 Å². The van der Waals surface area contributed by atoms with Crippen molar-refractivity contribution in [2.75, 3.05) is 6.61 Å². The second-order valence-electron chi connectivity index (χ2n) is 5.07. The Hall–Kier alpha value is -3.07. The van der Waals surface area contributed by atoms with Gasteiger partial charge in [0, 0.05) is 12.1 Å². The quantitative estimate of drug-likeness (QED) is 0.280. The van der Waals surface area contributed by atoms with Crippen LogP contribution in [0.1, 0.15) is 15.9 Å². The molecule has 0 spiro atoms. The molecule has 0 heterocycles. The Kier molecular flexibility index (Phi) is 6.06. The summed E-state index contributed by atoms with van der Waals surface area (Å²) in [6.45, 7) is 3.20. The van der Waals surface area contributed by atoms with Crippen LogP contribution in [0.15, 0.2) is 49.1 Å². The van der Waals surface area contributed by atoms with Gasteiger partial charge in [0.15, 0.2) is 0 Å². The number of esters is 1. The largest absolute Gasteiger partial charge is 0.458 e. The summed E-state index contributed by atoms with van der Waals surface area (Å²) in [5.41, 5.74) is -1.87. The van der Waals surface area contributed by atoms with E-state index in [9.17, 15) is 28.1 Å². The molecule has 0 unspecified atom stereocenters. The van der Waals surface area contributed by atoms with Gasteiger partial charge in [0.2, 0.25) is 0 Å². The molecule has 6 nitrogen and oxygen atoms in total. The lowest BCUT2D eigenvalue weighted by molar-refractivity contribution is -0.385. The second-order valence-corrected chi connectivity index (χ2v) is 5.48. The van der Waals surface area contributed by atoms with Crippen LogP contribution in [-0.4, -0.2) is 17.5 Å². The van der Waals surface area contributed by atoms with Crippen LogP contribution in [0, 0.1) is 10.1 Å². The van der Waals surface area contributed by atoms with Crippen LogP contribution in [0.3, 0.4) is 0 Å². The van der Waals surface area contributed by atoms with Gasteiger partial charge in [0.25, 0.3) is 5.69 Å². The van der Waals surface area contributed by atoms with E-state index < -0.39 is 28.3 Å². The molecule has 2 aromatic rings. The fourth-order valence-electron chi connectivity index (χ4n) is 2.00. The van der Waals surface area contributed by atoms with Gasteiger partial charge >= 0.3 is 12.1 Å². The molecule has 0 aliphatic carbocycles. The molecular weight excluding hydrogens is 391 g/mol. The molecule has 0 amide bonds. The van der Waals surface area contributed by atoms with E-state index in [1.54, 1.807) is 0 Å². The lowest BCUT2D eigenvalue weighted by Gasteiger charge is -2.12. The number of nitro benzene ring substituents is 1. The van der Waals surface area contributed by atoms with Gasteiger partial charge in [-0.05, 0) is 24.3 Å². The summed E-state index contributed by atoms with van der Waals surface area (Å²) in [6.07, 6.45) is -3.29. The molecule has 0 aliphatic rings. The van der Waals surface area contributed by atoms with Gasteiger partial charge in [-0.15, -0.1) is 0 Å². The molecule has 0 bridgehead atoms. The Morgan fingerprint density at radius 1 is 1.26 bits per heavy atom. The smallest absolute Gasteiger partial charge is 0.416 e. The van der Waals surface area contributed by atoms with E-state index in [1.165, 1.54) is 12.1 Å². The Morgan fingerprint density at radius 3 is 2.52 bits per heavy atom. The van der Waals surface area contributed by atoms with E-state index in [1.807, 2.05) is 0 Å². The first-order valence-electron chi connectivity index (χ1n) is 7.24. The minimum atomic E-state index is -4.57. The maximum Gasteiger partial charge on any atom is 0.416 e. The number of nitro groups is 1. The van der Waals surface area contributed by atoms with Crippen LogP contribution in [-0.2, 0) is 10.9 Å². The maximum absolute atomic E-state index is 12.7. The van der Waals surface area contributed by atoms with Gasteiger partial charge in [-0.3, -0.25) is 10.1 Å². The molecule has 2 aromatic carbocycles. The molecule has 0 fully saturated rings. The Balaban J connectivity index is 2.35. The van der Waals surface area contributed by atoms with Crippen LogP contribution in [0.5, 0.6) is 11.5 Å². The van der Waals surface area contributed by atoms with Gasteiger partial charge < -0.3 is 9.47 Å². The number of carbonyl (C=O) groups excluding carboxylic acids is 1. The highest BCUT2D eigenvalue weighted by Crippen LogP contribution is 2.37. The molecule has 27 heavy (non-hydrogen) atoms. The summed E-state index contributed by atoms with van der Waals surface area (Å²) in [7, 11) is 0. The number of alkyl halides is 3. The van der Waals surface area contributed by atoms with Crippen molar-refractivity contribution in [1.82, 2.24) is 0 Å². The van der Waals surface area contributed by atoms with Crippen molar-refractivity contribution >= 4 is 23.3 Å². The maximum atomic E-state index is 12.7. The van der Waals surface area contributed by atoms with Crippen molar-refractivity contribution in [3.63, 3.8) is 0 Å². The van der Waals surface area contributed by atoms with Crippen LogP contribution in [0.25, 0.3) is 0 Å². The van der Waals surface area contributed by atoms with Crippen molar-refractivity contribution in [1.29, 1.82) is 0 Å². The molecule has 142 valence electrons. The predicted molar refractivity (Wildman–Crippen MR) is 90.1 cm³/mol. The minimum absolute atomic E-state index is 0.0483. The highest BCUT2D eigenvalue weighted by atomic mass is 35.5.